The SMILES string of the molecule is COc1cc([N+](=O)[O-])c(C=O)cc1C(C)=O. The highest BCUT2D eigenvalue weighted by Gasteiger charge is 2.19. The number of nitro benzene ring substituents is 1. The first kappa shape index (κ1) is 11.8. The number of methoxy groups -OCH3 is 1. The average molecular weight is 223 g/mol. The van der Waals surface area contributed by atoms with Crippen LogP contribution < -0.4 is 4.74 Å². The van der Waals surface area contributed by atoms with Crippen molar-refractivity contribution < 1.29 is 19.2 Å². The lowest BCUT2D eigenvalue weighted by Gasteiger charge is -2.06. The van der Waals surface area contributed by atoms with Crippen molar-refractivity contribution in [3.05, 3.63) is 33.4 Å². The van der Waals surface area contributed by atoms with Crippen LogP contribution in [0.1, 0.15) is 27.6 Å². The van der Waals surface area contributed by atoms with Crippen LogP contribution in [-0.4, -0.2) is 24.1 Å². The summed E-state index contributed by atoms with van der Waals surface area (Å²) in [6.45, 7) is 1.29. The van der Waals surface area contributed by atoms with Crippen molar-refractivity contribution in [3.8, 4) is 5.75 Å². The van der Waals surface area contributed by atoms with Crippen LogP contribution in [0.5, 0.6) is 5.75 Å². The molecule has 0 aliphatic heterocycles. The second-order valence-corrected chi connectivity index (χ2v) is 3.04. The molecule has 0 atom stereocenters. The van der Waals surface area contributed by atoms with E-state index in [1.54, 1.807) is 0 Å². The molecule has 1 aromatic rings. The Balaban J connectivity index is 3.52. The van der Waals surface area contributed by atoms with Crippen molar-refractivity contribution in [2.45, 2.75) is 6.92 Å². The molecule has 0 saturated carbocycles. The molecule has 1 aromatic carbocycles. The van der Waals surface area contributed by atoms with Gasteiger partial charge in [0.1, 0.15) is 5.75 Å². The summed E-state index contributed by atoms with van der Waals surface area (Å²) in [5, 5.41) is 10.6. The van der Waals surface area contributed by atoms with Crippen LogP contribution in [0, 0.1) is 10.1 Å². The molecule has 0 fully saturated rings. The minimum Gasteiger partial charge on any atom is -0.496 e. The molecule has 6 heteroatoms. The second kappa shape index (κ2) is 4.52. The lowest BCUT2D eigenvalue weighted by molar-refractivity contribution is -0.385. The molecule has 16 heavy (non-hydrogen) atoms. The fourth-order valence-electron chi connectivity index (χ4n) is 1.28. The van der Waals surface area contributed by atoms with Gasteiger partial charge in [-0.1, -0.05) is 0 Å². The fraction of sp³-hybridized carbons (Fsp3) is 0.200. The van der Waals surface area contributed by atoms with Gasteiger partial charge in [-0.05, 0) is 13.0 Å². The zero-order valence-corrected chi connectivity index (χ0v) is 8.72. The van der Waals surface area contributed by atoms with Crippen LogP contribution in [0.3, 0.4) is 0 Å². The largest absolute Gasteiger partial charge is 0.496 e. The number of aldehydes is 1. The minimum atomic E-state index is -0.698. The lowest BCUT2D eigenvalue weighted by atomic mass is 10.1. The Morgan fingerprint density at radius 1 is 1.50 bits per heavy atom. The quantitative estimate of drug-likeness (QED) is 0.335. The molecule has 0 aliphatic rings. The highest BCUT2D eigenvalue weighted by Crippen LogP contribution is 2.28. The third-order valence-electron chi connectivity index (χ3n) is 2.05. The van der Waals surface area contributed by atoms with Gasteiger partial charge in [0.15, 0.2) is 12.1 Å². The number of ether oxygens (including phenoxy) is 1. The summed E-state index contributed by atoms with van der Waals surface area (Å²) >= 11 is 0. The highest BCUT2D eigenvalue weighted by molar-refractivity contribution is 5.99. The van der Waals surface area contributed by atoms with Gasteiger partial charge in [-0.2, -0.15) is 0 Å². The standard InChI is InChI=1S/C10H9NO5/c1-6(13)8-3-7(5-12)9(11(14)15)4-10(8)16-2/h3-5H,1-2H3. The van der Waals surface area contributed by atoms with Gasteiger partial charge in [-0.25, -0.2) is 0 Å². The van der Waals surface area contributed by atoms with Crippen molar-refractivity contribution in [3.63, 3.8) is 0 Å². The molecular formula is C10H9NO5. The number of rotatable bonds is 4. The minimum absolute atomic E-state index is 0.0878. The van der Waals surface area contributed by atoms with Gasteiger partial charge in [0.25, 0.3) is 5.69 Å². The molecule has 0 bridgehead atoms. The van der Waals surface area contributed by atoms with E-state index in [-0.39, 0.29) is 28.3 Å². The van der Waals surface area contributed by atoms with E-state index in [2.05, 4.69) is 0 Å². The van der Waals surface area contributed by atoms with Crippen LogP contribution in [0.4, 0.5) is 5.69 Å². The van der Waals surface area contributed by atoms with Gasteiger partial charge in [0.2, 0.25) is 0 Å². The molecule has 0 spiro atoms. The molecule has 0 heterocycles. The monoisotopic (exact) mass is 223 g/mol. The third-order valence-corrected chi connectivity index (χ3v) is 2.05. The molecule has 0 aliphatic carbocycles. The summed E-state index contributed by atoms with van der Waals surface area (Å²) < 4.78 is 4.86. The average Bonchev–Trinajstić information content (AvgIpc) is 2.26. The second-order valence-electron chi connectivity index (χ2n) is 3.04. The van der Waals surface area contributed by atoms with Gasteiger partial charge >= 0.3 is 0 Å². The Kier molecular flexibility index (Phi) is 3.34. The van der Waals surface area contributed by atoms with Crippen LogP contribution >= 0.6 is 0 Å². The molecule has 84 valence electrons. The fourth-order valence-corrected chi connectivity index (χ4v) is 1.28. The predicted octanol–water partition coefficient (Wildman–Crippen LogP) is 1.62. The number of nitrogens with zero attached hydrogens (tertiary/aromatic N) is 1. The van der Waals surface area contributed by atoms with Gasteiger partial charge < -0.3 is 4.74 Å². The van der Waals surface area contributed by atoms with Crippen LogP contribution in [0.15, 0.2) is 12.1 Å². The first-order valence-corrected chi connectivity index (χ1v) is 4.33. The maximum atomic E-state index is 11.2. The molecule has 1 rings (SSSR count). The zero-order valence-electron chi connectivity index (χ0n) is 8.72. The van der Waals surface area contributed by atoms with Crippen LogP contribution in [0.2, 0.25) is 0 Å². The molecule has 0 aromatic heterocycles. The van der Waals surface area contributed by atoms with Gasteiger partial charge in [-0.3, -0.25) is 19.7 Å². The number of ketones is 1. The van der Waals surface area contributed by atoms with E-state index in [0.29, 0.717) is 6.29 Å². The van der Waals surface area contributed by atoms with E-state index in [4.69, 9.17) is 4.74 Å². The molecule has 0 unspecified atom stereocenters. The van der Waals surface area contributed by atoms with Crippen LogP contribution in [-0.2, 0) is 0 Å². The summed E-state index contributed by atoms with van der Waals surface area (Å²) in [6.07, 6.45) is 0.337. The van der Waals surface area contributed by atoms with Crippen molar-refractivity contribution in [1.29, 1.82) is 0 Å². The van der Waals surface area contributed by atoms with Crippen molar-refractivity contribution in [2.24, 2.45) is 0 Å². The lowest BCUT2D eigenvalue weighted by Crippen LogP contribution is -2.02. The van der Waals surface area contributed by atoms with E-state index < -0.39 is 4.92 Å². The molecular weight excluding hydrogens is 214 g/mol. The smallest absolute Gasteiger partial charge is 0.283 e. The molecule has 0 N–H and O–H groups in total. The number of carbonyl (C=O) groups excluding carboxylic acids is 2. The summed E-state index contributed by atoms with van der Waals surface area (Å²) in [5.41, 5.74) is -0.372. The first-order chi connectivity index (χ1) is 7.51. The summed E-state index contributed by atoms with van der Waals surface area (Å²) in [7, 11) is 1.30. The summed E-state index contributed by atoms with van der Waals surface area (Å²) in [4.78, 5) is 31.8. The van der Waals surface area contributed by atoms with Crippen LogP contribution in [0.25, 0.3) is 0 Å². The number of benzene rings is 1. The maximum absolute atomic E-state index is 11.2. The number of hydrogen-bond acceptors (Lipinski definition) is 5. The maximum Gasteiger partial charge on any atom is 0.283 e. The predicted molar refractivity (Wildman–Crippen MR) is 55.0 cm³/mol. The summed E-state index contributed by atoms with van der Waals surface area (Å²) in [6, 6.07) is 2.23. The van der Waals surface area contributed by atoms with E-state index in [1.807, 2.05) is 0 Å². The first-order valence-electron chi connectivity index (χ1n) is 4.33. The van der Waals surface area contributed by atoms with E-state index in [1.165, 1.54) is 14.0 Å². The van der Waals surface area contributed by atoms with Crippen molar-refractivity contribution >= 4 is 17.8 Å². The number of carbonyl (C=O) groups is 2. The number of hydrogen-bond donors (Lipinski definition) is 0. The molecule has 6 nitrogen and oxygen atoms in total. The molecule has 0 saturated heterocycles. The van der Waals surface area contributed by atoms with E-state index in [9.17, 15) is 19.7 Å². The zero-order chi connectivity index (χ0) is 12.3. The molecule has 0 radical (unpaired) electrons. The van der Waals surface area contributed by atoms with Crippen molar-refractivity contribution in [1.82, 2.24) is 0 Å². The highest BCUT2D eigenvalue weighted by atomic mass is 16.6. The van der Waals surface area contributed by atoms with Crippen molar-refractivity contribution in [2.75, 3.05) is 7.11 Å². The Morgan fingerprint density at radius 3 is 2.50 bits per heavy atom. The van der Waals surface area contributed by atoms with Gasteiger partial charge in [0.05, 0.1) is 29.2 Å². The Bertz CT molecular complexity index is 467. The Morgan fingerprint density at radius 2 is 2.12 bits per heavy atom. The van der Waals surface area contributed by atoms with Gasteiger partial charge in [-0.15, -0.1) is 0 Å². The van der Waals surface area contributed by atoms with E-state index >= 15 is 0 Å². The van der Waals surface area contributed by atoms with E-state index in [0.717, 1.165) is 12.1 Å². The summed E-state index contributed by atoms with van der Waals surface area (Å²) in [5.74, 6) is -0.236. The van der Waals surface area contributed by atoms with Gasteiger partial charge in [0, 0.05) is 0 Å². The topological polar surface area (TPSA) is 86.5 Å². The Labute approximate surface area is 91.0 Å². The number of nitro groups is 1. The number of Topliss-reactive ketones (excluding diaryl/α,β-unsaturated/α-hetero) is 1. The third kappa shape index (κ3) is 2.05. The Hall–Kier alpha value is -2.24. The molecule has 0 amide bonds. The normalized spacial score (nSPS) is 9.62.